The number of carbonyl (C=O) groups is 1. The maximum Gasteiger partial charge on any atom is 0.416 e. The number of amides is 1. The van der Waals surface area contributed by atoms with Crippen molar-refractivity contribution < 1.29 is 18.3 Å². The average molecular weight is 466 g/mol. The van der Waals surface area contributed by atoms with Gasteiger partial charge in [-0.2, -0.15) is 5.10 Å². The summed E-state index contributed by atoms with van der Waals surface area (Å²) in [5.41, 5.74) is 1.12. The minimum absolute atomic E-state index is 0.346. The third kappa shape index (κ3) is 4.52. The Kier molecular flexibility index (Phi) is 5.80. The molecule has 3 heterocycles. The normalized spacial score (nSPS) is 22.1. The summed E-state index contributed by atoms with van der Waals surface area (Å²) in [7, 11) is 0. The summed E-state index contributed by atoms with van der Waals surface area (Å²) < 4.78 is 32.8. The van der Waals surface area contributed by atoms with Gasteiger partial charge in [-0.05, 0) is 74.4 Å². The maximum absolute atomic E-state index is 13.5. The van der Waals surface area contributed by atoms with E-state index in [9.17, 15) is 13.6 Å². The van der Waals surface area contributed by atoms with Crippen LogP contribution >= 0.6 is 0 Å². The molecule has 1 amide bonds. The Labute approximate surface area is 195 Å². The van der Waals surface area contributed by atoms with E-state index in [1.807, 2.05) is 6.92 Å². The lowest BCUT2D eigenvalue weighted by Gasteiger charge is -2.35. The molecule has 8 nitrogen and oxygen atoms in total. The molecule has 0 radical (unpaired) electrons. The number of hydrogen-bond acceptors (Lipinski definition) is 7. The summed E-state index contributed by atoms with van der Waals surface area (Å²) in [6.07, 6.45) is 4.55. The van der Waals surface area contributed by atoms with Crippen LogP contribution in [-0.4, -0.2) is 45.2 Å². The number of benzene rings is 1. The molecule has 1 saturated heterocycles. The van der Waals surface area contributed by atoms with E-state index in [1.54, 1.807) is 29.3 Å². The first-order valence-electron chi connectivity index (χ1n) is 11.2. The number of carbonyl (C=O) groups excluding carboxylic acids is 1. The van der Waals surface area contributed by atoms with Crippen LogP contribution in [0.15, 0.2) is 42.6 Å². The molecule has 0 unspecified atom stereocenters. The molecule has 34 heavy (non-hydrogen) atoms. The van der Waals surface area contributed by atoms with Gasteiger partial charge in [0.15, 0.2) is 11.6 Å². The highest BCUT2D eigenvalue weighted by atomic mass is 19.1. The topological polar surface area (TPSA) is 93.1 Å². The molecule has 1 aliphatic heterocycles. The van der Waals surface area contributed by atoms with Crippen molar-refractivity contribution in [1.29, 1.82) is 0 Å². The van der Waals surface area contributed by atoms with E-state index in [-0.39, 0.29) is 6.09 Å². The predicted octanol–water partition coefficient (Wildman–Crippen LogP) is 4.52. The number of halogens is 2. The Hall–Kier alpha value is -3.69. The molecule has 2 aliphatic rings. The van der Waals surface area contributed by atoms with Crippen LogP contribution in [0.25, 0.3) is 11.3 Å². The standard InChI is InChI=1S/C24H24F2N6O2/c1-15-9-20(17-10-18(25)12-19(26)11-17)29-31-22(15)27-13-16-4-6-24(7-5-16)14-32(23(33)34-24)21-3-2-8-28-30-21/h2-3,8-12,16H,4-7,13-14H2,1H3,(H,27,31). The fraction of sp³-hybridized carbons (Fsp3) is 0.375. The number of aromatic nitrogens is 4. The van der Waals surface area contributed by atoms with Crippen LogP contribution in [0.4, 0.5) is 25.2 Å². The molecular formula is C24H24F2N6O2. The molecule has 5 rings (SSSR count). The molecule has 10 heteroatoms. The van der Waals surface area contributed by atoms with E-state index in [1.165, 1.54) is 12.1 Å². The number of nitrogens with one attached hydrogen (secondary N) is 1. The summed E-state index contributed by atoms with van der Waals surface area (Å²) in [5, 5.41) is 19.6. The summed E-state index contributed by atoms with van der Waals surface area (Å²) >= 11 is 0. The third-order valence-electron chi connectivity index (χ3n) is 6.52. The van der Waals surface area contributed by atoms with Gasteiger partial charge in [0.05, 0.1) is 12.2 Å². The minimum Gasteiger partial charge on any atom is -0.441 e. The van der Waals surface area contributed by atoms with Crippen LogP contribution in [0, 0.1) is 24.5 Å². The minimum atomic E-state index is -0.653. The Balaban J connectivity index is 1.17. The predicted molar refractivity (Wildman–Crippen MR) is 121 cm³/mol. The second-order valence-corrected chi connectivity index (χ2v) is 8.96. The van der Waals surface area contributed by atoms with Gasteiger partial charge in [0.25, 0.3) is 0 Å². The zero-order valence-electron chi connectivity index (χ0n) is 18.7. The van der Waals surface area contributed by atoms with Crippen molar-refractivity contribution in [3.8, 4) is 11.3 Å². The lowest BCUT2D eigenvalue weighted by molar-refractivity contribution is 0.0148. The van der Waals surface area contributed by atoms with E-state index in [0.29, 0.717) is 41.9 Å². The maximum atomic E-state index is 13.5. The second kappa shape index (κ2) is 8.92. The van der Waals surface area contributed by atoms with Crippen LogP contribution in [0.5, 0.6) is 0 Å². The average Bonchev–Trinajstić information content (AvgIpc) is 3.15. The molecule has 0 bridgehead atoms. The molecule has 1 spiro atoms. The van der Waals surface area contributed by atoms with Crippen LogP contribution in [0.2, 0.25) is 0 Å². The summed E-state index contributed by atoms with van der Waals surface area (Å²) in [5.74, 6) is 0.237. The van der Waals surface area contributed by atoms with E-state index < -0.39 is 17.2 Å². The van der Waals surface area contributed by atoms with Gasteiger partial charge in [0.1, 0.15) is 17.2 Å². The first-order chi connectivity index (χ1) is 16.4. The second-order valence-electron chi connectivity index (χ2n) is 8.96. The first kappa shape index (κ1) is 22.1. The molecule has 1 aromatic carbocycles. The Bertz CT molecular complexity index is 1180. The largest absolute Gasteiger partial charge is 0.441 e. The van der Waals surface area contributed by atoms with Gasteiger partial charge in [-0.1, -0.05) is 0 Å². The third-order valence-corrected chi connectivity index (χ3v) is 6.52. The van der Waals surface area contributed by atoms with Gasteiger partial charge >= 0.3 is 6.09 Å². The molecule has 3 aromatic rings. The fourth-order valence-electron chi connectivity index (χ4n) is 4.65. The Morgan fingerprint density at radius 1 is 1.12 bits per heavy atom. The van der Waals surface area contributed by atoms with Crippen molar-refractivity contribution in [3.05, 3.63) is 59.8 Å². The number of hydrogen-bond donors (Lipinski definition) is 1. The highest BCUT2D eigenvalue weighted by Gasteiger charge is 2.48. The highest BCUT2D eigenvalue weighted by Crippen LogP contribution is 2.40. The van der Waals surface area contributed by atoms with Crippen molar-refractivity contribution in [1.82, 2.24) is 20.4 Å². The van der Waals surface area contributed by atoms with Gasteiger partial charge in [-0.3, -0.25) is 4.90 Å². The Morgan fingerprint density at radius 3 is 2.56 bits per heavy atom. The zero-order chi connectivity index (χ0) is 23.7. The number of rotatable bonds is 5. The SMILES string of the molecule is Cc1cc(-c2cc(F)cc(F)c2)nnc1NCC1CCC2(CC1)CN(c1cccnn1)C(=O)O2. The van der Waals surface area contributed by atoms with Gasteiger partial charge < -0.3 is 10.1 Å². The smallest absolute Gasteiger partial charge is 0.416 e. The van der Waals surface area contributed by atoms with Crippen molar-refractivity contribution in [3.63, 3.8) is 0 Å². The van der Waals surface area contributed by atoms with Gasteiger partial charge in [0, 0.05) is 24.4 Å². The molecule has 2 aromatic heterocycles. The van der Waals surface area contributed by atoms with Crippen molar-refractivity contribution in [2.24, 2.45) is 5.92 Å². The number of anilines is 2. The van der Waals surface area contributed by atoms with Gasteiger partial charge in [-0.15, -0.1) is 15.3 Å². The summed E-state index contributed by atoms with van der Waals surface area (Å²) in [6, 6.07) is 8.56. The van der Waals surface area contributed by atoms with Crippen LogP contribution < -0.4 is 10.2 Å². The molecule has 176 valence electrons. The molecular weight excluding hydrogens is 442 g/mol. The van der Waals surface area contributed by atoms with E-state index in [0.717, 1.165) is 37.3 Å². The van der Waals surface area contributed by atoms with Crippen LogP contribution in [-0.2, 0) is 4.74 Å². The fourth-order valence-corrected chi connectivity index (χ4v) is 4.65. The zero-order valence-corrected chi connectivity index (χ0v) is 18.7. The van der Waals surface area contributed by atoms with E-state index in [4.69, 9.17) is 4.74 Å². The summed E-state index contributed by atoms with van der Waals surface area (Å²) in [6.45, 7) is 3.07. The number of ether oxygens (including phenoxy) is 1. The molecule has 0 atom stereocenters. The molecule has 1 N–H and O–H groups in total. The highest BCUT2D eigenvalue weighted by molar-refractivity contribution is 5.89. The van der Waals surface area contributed by atoms with Gasteiger partial charge in [-0.25, -0.2) is 13.6 Å². The quantitative estimate of drug-likeness (QED) is 0.591. The van der Waals surface area contributed by atoms with Crippen LogP contribution in [0.3, 0.4) is 0 Å². The number of aryl methyl sites for hydroxylation is 1. The number of nitrogens with zero attached hydrogens (tertiary/aromatic N) is 5. The van der Waals surface area contributed by atoms with Gasteiger partial charge in [0.2, 0.25) is 0 Å². The lowest BCUT2D eigenvalue weighted by Crippen LogP contribution is -2.39. The summed E-state index contributed by atoms with van der Waals surface area (Å²) in [4.78, 5) is 14.0. The molecule has 1 saturated carbocycles. The van der Waals surface area contributed by atoms with E-state index in [2.05, 4.69) is 25.7 Å². The Morgan fingerprint density at radius 2 is 1.88 bits per heavy atom. The molecule has 1 aliphatic carbocycles. The van der Waals surface area contributed by atoms with Crippen molar-refractivity contribution in [2.45, 2.75) is 38.2 Å². The lowest BCUT2D eigenvalue weighted by atomic mass is 9.78. The molecule has 2 fully saturated rings. The monoisotopic (exact) mass is 466 g/mol. The van der Waals surface area contributed by atoms with Crippen molar-refractivity contribution >= 4 is 17.7 Å². The van der Waals surface area contributed by atoms with Crippen molar-refractivity contribution in [2.75, 3.05) is 23.3 Å². The first-order valence-corrected chi connectivity index (χ1v) is 11.2. The van der Waals surface area contributed by atoms with Crippen LogP contribution in [0.1, 0.15) is 31.2 Å². The van der Waals surface area contributed by atoms with E-state index >= 15 is 0 Å².